The molecule has 1 heterocycles. The van der Waals surface area contributed by atoms with E-state index in [1.54, 1.807) is 30.3 Å². The molecule has 1 aliphatic rings. The van der Waals surface area contributed by atoms with E-state index in [-0.39, 0.29) is 16.6 Å². The first-order valence-electron chi connectivity index (χ1n) is 8.56. The summed E-state index contributed by atoms with van der Waals surface area (Å²) in [6.45, 7) is 0.708. The van der Waals surface area contributed by atoms with E-state index >= 15 is 0 Å². The summed E-state index contributed by atoms with van der Waals surface area (Å²) in [7, 11) is -2.04. The summed E-state index contributed by atoms with van der Waals surface area (Å²) in [6.07, 6.45) is 1.14. The molecular weight excluding hydrogens is 370 g/mol. The van der Waals surface area contributed by atoms with Gasteiger partial charge in [-0.3, -0.25) is 10.1 Å². The number of hydrogen-bond acceptors (Lipinski definition) is 6. The Morgan fingerprint density at radius 3 is 2.33 bits per heavy atom. The normalized spacial score (nSPS) is 16.0. The molecule has 0 unspecified atom stereocenters. The molecular formula is C18H21N3O5S. The third kappa shape index (κ3) is 4.20. The van der Waals surface area contributed by atoms with Crippen LogP contribution in [0.2, 0.25) is 0 Å². The second-order valence-electron chi connectivity index (χ2n) is 6.27. The third-order valence-corrected chi connectivity index (χ3v) is 6.52. The van der Waals surface area contributed by atoms with E-state index in [0.717, 1.165) is 0 Å². The van der Waals surface area contributed by atoms with Gasteiger partial charge in [-0.25, -0.2) is 8.42 Å². The van der Waals surface area contributed by atoms with Gasteiger partial charge in [-0.05, 0) is 43.2 Å². The third-order valence-electron chi connectivity index (χ3n) is 4.61. The highest BCUT2D eigenvalue weighted by Crippen LogP contribution is 2.28. The highest BCUT2D eigenvalue weighted by atomic mass is 32.2. The van der Waals surface area contributed by atoms with Crippen molar-refractivity contribution in [3.63, 3.8) is 0 Å². The minimum absolute atomic E-state index is 0.0192. The zero-order valence-corrected chi connectivity index (χ0v) is 15.7. The monoisotopic (exact) mass is 391 g/mol. The molecule has 0 spiro atoms. The largest absolute Gasteiger partial charge is 0.497 e. The standard InChI is InChI=1S/C18H21N3O5S/c1-26-15-6-8-16(9-7-15)27(24,25)20-12-10-14(11-13-20)19-17-4-2-3-5-18(17)21(22)23/h2-9,14,19H,10-13H2,1H3. The summed E-state index contributed by atoms with van der Waals surface area (Å²) in [5.41, 5.74) is 0.477. The van der Waals surface area contributed by atoms with Crippen molar-refractivity contribution in [3.8, 4) is 5.75 Å². The van der Waals surface area contributed by atoms with Crippen LogP contribution in [0.25, 0.3) is 0 Å². The minimum Gasteiger partial charge on any atom is -0.497 e. The van der Waals surface area contributed by atoms with Crippen molar-refractivity contribution in [1.82, 2.24) is 4.31 Å². The van der Waals surface area contributed by atoms with E-state index in [9.17, 15) is 18.5 Å². The number of hydrogen-bond donors (Lipinski definition) is 1. The van der Waals surface area contributed by atoms with Gasteiger partial charge in [0.25, 0.3) is 5.69 Å². The van der Waals surface area contributed by atoms with Crippen molar-refractivity contribution in [2.45, 2.75) is 23.8 Å². The predicted molar refractivity (Wildman–Crippen MR) is 101 cm³/mol. The van der Waals surface area contributed by atoms with Crippen LogP contribution in [0.4, 0.5) is 11.4 Å². The topological polar surface area (TPSA) is 102 Å². The van der Waals surface area contributed by atoms with Gasteiger partial charge in [0, 0.05) is 25.2 Å². The molecule has 9 heteroatoms. The van der Waals surface area contributed by atoms with Gasteiger partial charge in [0.1, 0.15) is 11.4 Å². The van der Waals surface area contributed by atoms with Crippen LogP contribution in [0.3, 0.4) is 0 Å². The first-order valence-corrected chi connectivity index (χ1v) is 10.00. The summed E-state index contributed by atoms with van der Waals surface area (Å²) in [5, 5.41) is 14.3. The average Bonchev–Trinajstić information content (AvgIpc) is 2.68. The summed E-state index contributed by atoms with van der Waals surface area (Å²) in [4.78, 5) is 10.9. The number of anilines is 1. The van der Waals surface area contributed by atoms with Crippen molar-refractivity contribution in [1.29, 1.82) is 0 Å². The quantitative estimate of drug-likeness (QED) is 0.600. The van der Waals surface area contributed by atoms with Gasteiger partial charge in [-0.1, -0.05) is 12.1 Å². The average molecular weight is 391 g/mol. The number of methoxy groups -OCH3 is 1. The van der Waals surface area contributed by atoms with Crippen molar-refractivity contribution in [2.75, 3.05) is 25.5 Å². The number of nitro benzene ring substituents is 1. The van der Waals surface area contributed by atoms with E-state index in [4.69, 9.17) is 4.74 Å². The SMILES string of the molecule is COc1ccc(S(=O)(=O)N2CCC(Nc3ccccc3[N+](=O)[O-])CC2)cc1. The van der Waals surface area contributed by atoms with Crippen LogP contribution in [0.15, 0.2) is 53.4 Å². The second kappa shape index (κ2) is 7.93. The summed E-state index contributed by atoms with van der Waals surface area (Å²) in [6, 6.07) is 12.8. The van der Waals surface area contributed by atoms with E-state index in [2.05, 4.69) is 5.32 Å². The lowest BCUT2D eigenvalue weighted by molar-refractivity contribution is -0.384. The molecule has 1 fully saturated rings. The van der Waals surface area contributed by atoms with Gasteiger partial charge in [-0.15, -0.1) is 0 Å². The molecule has 2 aromatic rings. The van der Waals surface area contributed by atoms with Crippen LogP contribution in [0.5, 0.6) is 5.75 Å². The fraction of sp³-hybridized carbons (Fsp3) is 0.333. The number of nitro groups is 1. The fourth-order valence-electron chi connectivity index (χ4n) is 3.11. The summed E-state index contributed by atoms with van der Waals surface area (Å²) < 4.78 is 32.1. The van der Waals surface area contributed by atoms with Crippen LogP contribution in [0, 0.1) is 10.1 Å². The smallest absolute Gasteiger partial charge is 0.292 e. The lowest BCUT2D eigenvalue weighted by atomic mass is 10.1. The fourth-order valence-corrected chi connectivity index (χ4v) is 4.58. The highest BCUT2D eigenvalue weighted by Gasteiger charge is 2.30. The molecule has 2 aromatic carbocycles. The maximum atomic E-state index is 12.8. The molecule has 0 atom stereocenters. The van der Waals surface area contributed by atoms with Gasteiger partial charge in [0.05, 0.1) is 16.9 Å². The molecule has 8 nitrogen and oxygen atoms in total. The number of para-hydroxylation sites is 2. The van der Waals surface area contributed by atoms with Crippen molar-refractivity contribution >= 4 is 21.4 Å². The number of benzene rings is 2. The maximum absolute atomic E-state index is 12.8. The molecule has 3 rings (SSSR count). The number of nitrogens with one attached hydrogen (secondary N) is 1. The zero-order valence-electron chi connectivity index (χ0n) is 14.9. The van der Waals surface area contributed by atoms with Crippen LogP contribution in [0.1, 0.15) is 12.8 Å². The molecule has 0 saturated carbocycles. The van der Waals surface area contributed by atoms with Crippen LogP contribution >= 0.6 is 0 Å². The highest BCUT2D eigenvalue weighted by molar-refractivity contribution is 7.89. The number of rotatable bonds is 6. The molecule has 0 amide bonds. The Kier molecular flexibility index (Phi) is 5.62. The minimum atomic E-state index is -3.56. The molecule has 1 N–H and O–H groups in total. The summed E-state index contributed by atoms with van der Waals surface area (Å²) in [5.74, 6) is 0.598. The number of nitrogens with zero attached hydrogens (tertiary/aromatic N) is 2. The first kappa shape index (κ1) is 19.1. The maximum Gasteiger partial charge on any atom is 0.292 e. The Morgan fingerprint density at radius 2 is 1.74 bits per heavy atom. The Morgan fingerprint density at radius 1 is 1.11 bits per heavy atom. The zero-order chi connectivity index (χ0) is 19.4. The molecule has 0 aromatic heterocycles. The van der Waals surface area contributed by atoms with Crippen LogP contribution < -0.4 is 10.1 Å². The van der Waals surface area contributed by atoms with E-state index in [1.807, 2.05) is 0 Å². The lowest BCUT2D eigenvalue weighted by Crippen LogP contribution is -2.42. The lowest BCUT2D eigenvalue weighted by Gasteiger charge is -2.32. The molecule has 27 heavy (non-hydrogen) atoms. The first-order chi connectivity index (χ1) is 12.9. The molecule has 0 bridgehead atoms. The van der Waals surface area contributed by atoms with E-state index < -0.39 is 14.9 Å². The van der Waals surface area contributed by atoms with Gasteiger partial charge in [-0.2, -0.15) is 4.31 Å². The van der Waals surface area contributed by atoms with Crippen LogP contribution in [-0.2, 0) is 10.0 Å². The second-order valence-corrected chi connectivity index (χ2v) is 8.21. The molecule has 0 aliphatic carbocycles. The molecule has 1 saturated heterocycles. The Labute approximate surface area is 158 Å². The molecule has 144 valence electrons. The van der Waals surface area contributed by atoms with Gasteiger partial charge >= 0.3 is 0 Å². The Balaban J connectivity index is 1.65. The molecule has 1 aliphatic heterocycles. The van der Waals surface area contributed by atoms with Gasteiger partial charge < -0.3 is 10.1 Å². The van der Waals surface area contributed by atoms with Crippen LogP contribution in [-0.4, -0.2) is 43.9 Å². The number of piperidine rings is 1. The van der Waals surface area contributed by atoms with Crippen molar-refractivity contribution in [2.24, 2.45) is 0 Å². The van der Waals surface area contributed by atoms with Gasteiger partial charge in [0.15, 0.2) is 0 Å². The number of ether oxygens (including phenoxy) is 1. The van der Waals surface area contributed by atoms with Crippen molar-refractivity contribution in [3.05, 3.63) is 58.6 Å². The number of sulfonamides is 1. The van der Waals surface area contributed by atoms with Gasteiger partial charge in [0.2, 0.25) is 10.0 Å². The van der Waals surface area contributed by atoms with Crippen molar-refractivity contribution < 1.29 is 18.1 Å². The van der Waals surface area contributed by atoms with E-state index in [1.165, 1.54) is 29.6 Å². The Hall–Kier alpha value is -2.65. The molecule has 0 radical (unpaired) electrons. The Bertz CT molecular complexity index is 907. The summed E-state index contributed by atoms with van der Waals surface area (Å²) >= 11 is 0. The predicted octanol–water partition coefficient (Wildman–Crippen LogP) is 2.87. The van der Waals surface area contributed by atoms with E-state index in [0.29, 0.717) is 37.4 Å².